The molecule has 0 bridgehead atoms. The lowest BCUT2D eigenvalue weighted by Gasteiger charge is -2.32. The number of nitrogens with one attached hydrogen (secondary N) is 1. The molecule has 0 saturated carbocycles. The zero-order valence-corrected chi connectivity index (χ0v) is 25.1. The number of pyridine rings is 1. The second-order valence-corrected chi connectivity index (χ2v) is 12.7. The number of carbonyl (C=O) groups is 2. The molecule has 1 saturated heterocycles. The van der Waals surface area contributed by atoms with Crippen LogP contribution < -0.4 is 15.8 Å². The Hall–Kier alpha value is -4.71. The molecular weight excluding hydrogens is 587 g/mol. The number of sulfone groups is 1. The summed E-state index contributed by atoms with van der Waals surface area (Å²) in [6, 6.07) is 14.7. The van der Waals surface area contributed by atoms with E-state index in [1.165, 1.54) is 42.2 Å². The molecule has 1 aliphatic heterocycles. The summed E-state index contributed by atoms with van der Waals surface area (Å²) in [5.41, 5.74) is 6.68. The van der Waals surface area contributed by atoms with Crippen LogP contribution in [0.15, 0.2) is 77.8 Å². The predicted molar refractivity (Wildman–Crippen MR) is 164 cm³/mol. The summed E-state index contributed by atoms with van der Waals surface area (Å²) in [5, 5.41) is 14.7. The SMILES string of the molecule is CCOc1ccc(F)c(C(Nc2ccc3c(N)nccc3c2)C(=O)N2CC[C@H](C(=O)O)[C@@H]2c2ccccc2S(=O)(=O)CC)c1. The van der Waals surface area contributed by atoms with E-state index in [1.807, 2.05) is 0 Å². The average Bonchev–Trinajstić information content (AvgIpc) is 3.46. The maximum Gasteiger partial charge on any atom is 0.309 e. The molecule has 4 aromatic rings. The molecule has 5 rings (SSSR count). The van der Waals surface area contributed by atoms with E-state index < -0.39 is 45.5 Å². The fourth-order valence-electron chi connectivity index (χ4n) is 5.74. The Balaban J connectivity index is 1.64. The van der Waals surface area contributed by atoms with Crippen molar-refractivity contribution in [2.24, 2.45) is 5.92 Å². The number of aromatic nitrogens is 1. The highest BCUT2D eigenvalue weighted by atomic mass is 32.2. The summed E-state index contributed by atoms with van der Waals surface area (Å²) in [7, 11) is -3.77. The Morgan fingerprint density at radius 2 is 1.91 bits per heavy atom. The number of anilines is 2. The number of carbonyl (C=O) groups excluding carboxylic acids is 1. The molecule has 10 nitrogen and oxygen atoms in total. The van der Waals surface area contributed by atoms with Gasteiger partial charge in [0, 0.05) is 29.4 Å². The Labute approximate surface area is 254 Å². The highest BCUT2D eigenvalue weighted by molar-refractivity contribution is 7.91. The first kappa shape index (κ1) is 30.7. The lowest BCUT2D eigenvalue weighted by atomic mass is 9.93. The summed E-state index contributed by atoms with van der Waals surface area (Å²) in [4.78, 5) is 32.4. The monoisotopic (exact) mass is 620 g/mol. The van der Waals surface area contributed by atoms with Crippen molar-refractivity contribution in [3.63, 3.8) is 0 Å². The number of nitrogens with two attached hydrogens (primary N) is 1. The Morgan fingerprint density at radius 1 is 1.14 bits per heavy atom. The van der Waals surface area contributed by atoms with Crippen LogP contribution in [-0.2, 0) is 19.4 Å². The van der Waals surface area contributed by atoms with Crippen molar-refractivity contribution in [2.45, 2.75) is 37.2 Å². The number of rotatable bonds is 10. The molecule has 2 heterocycles. The smallest absolute Gasteiger partial charge is 0.309 e. The van der Waals surface area contributed by atoms with Gasteiger partial charge in [-0.2, -0.15) is 0 Å². The van der Waals surface area contributed by atoms with Crippen LogP contribution in [0, 0.1) is 11.7 Å². The van der Waals surface area contributed by atoms with Gasteiger partial charge in [0.05, 0.1) is 29.2 Å². The second kappa shape index (κ2) is 12.5. The molecule has 1 aliphatic rings. The molecule has 1 fully saturated rings. The Bertz CT molecular complexity index is 1830. The van der Waals surface area contributed by atoms with Crippen LogP contribution in [-0.4, -0.2) is 54.2 Å². The minimum Gasteiger partial charge on any atom is -0.494 e. The van der Waals surface area contributed by atoms with Crippen LogP contribution >= 0.6 is 0 Å². The first-order valence-corrected chi connectivity index (χ1v) is 15.9. The number of carboxylic acids is 1. The average molecular weight is 621 g/mol. The summed E-state index contributed by atoms with van der Waals surface area (Å²) < 4.78 is 47.3. The number of hydrogen-bond donors (Lipinski definition) is 3. The lowest BCUT2D eigenvalue weighted by Crippen LogP contribution is -2.40. The summed E-state index contributed by atoms with van der Waals surface area (Å²) in [6.45, 7) is 3.61. The van der Waals surface area contributed by atoms with E-state index in [0.29, 0.717) is 29.2 Å². The molecule has 4 N–H and O–H groups in total. The lowest BCUT2D eigenvalue weighted by molar-refractivity contribution is -0.143. The van der Waals surface area contributed by atoms with Gasteiger partial charge in [-0.25, -0.2) is 17.8 Å². The zero-order chi connectivity index (χ0) is 31.6. The topological polar surface area (TPSA) is 152 Å². The molecule has 3 aromatic carbocycles. The van der Waals surface area contributed by atoms with Crippen molar-refractivity contribution in [1.82, 2.24) is 9.88 Å². The number of amides is 1. The van der Waals surface area contributed by atoms with Crippen LogP contribution in [0.2, 0.25) is 0 Å². The minimum absolute atomic E-state index is 0.0118. The van der Waals surface area contributed by atoms with Crippen LogP contribution in [0.25, 0.3) is 10.8 Å². The van der Waals surface area contributed by atoms with E-state index in [1.54, 1.807) is 49.5 Å². The van der Waals surface area contributed by atoms with Gasteiger partial charge in [-0.05, 0) is 72.8 Å². The maximum atomic E-state index is 15.5. The quantitative estimate of drug-likeness (QED) is 0.223. The molecule has 0 spiro atoms. The highest BCUT2D eigenvalue weighted by Gasteiger charge is 2.46. The molecule has 0 radical (unpaired) electrons. The van der Waals surface area contributed by atoms with Gasteiger partial charge in [-0.3, -0.25) is 9.59 Å². The molecule has 44 heavy (non-hydrogen) atoms. The van der Waals surface area contributed by atoms with Gasteiger partial charge in [0.2, 0.25) is 5.91 Å². The normalized spacial score (nSPS) is 17.4. The number of aliphatic carboxylic acids is 1. The van der Waals surface area contributed by atoms with Gasteiger partial charge < -0.3 is 25.8 Å². The fourth-order valence-corrected chi connectivity index (χ4v) is 6.89. The van der Waals surface area contributed by atoms with Crippen molar-refractivity contribution in [3.05, 3.63) is 89.9 Å². The number of halogens is 1. The van der Waals surface area contributed by atoms with Gasteiger partial charge in [0.1, 0.15) is 23.4 Å². The largest absolute Gasteiger partial charge is 0.494 e. The van der Waals surface area contributed by atoms with Crippen LogP contribution in [0.1, 0.15) is 43.5 Å². The Morgan fingerprint density at radius 3 is 2.64 bits per heavy atom. The molecule has 230 valence electrons. The third kappa shape index (κ3) is 5.89. The predicted octanol–water partition coefficient (Wildman–Crippen LogP) is 4.98. The summed E-state index contributed by atoms with van der Waals surface area (Å²) >= 11 is 0. The van der Waals surface area contributed by atoms with Gasteiger partial charge in [0.15, 0.2) is 9.84 Å². The van der Waals surface area contributed by atoms with E-state index in [9.17, 15) is 23.1 Å². The number of nitrogens with zero attached hydrogens (tertiary/aromatic N) is 2. The number of fused-ring (bicyclic) bond motifs is 1. The number of benzene rings is 3. The summed E-state index contributed by atoms with van der Waals surface area (Å²) in [6.07, 6.45) is 1.64. The van der Waals surface area contributed by atoms with E-state index in [4.69, 9.17) is 10.5 Å². The molecule has 1 aromatic heterocycles. The van der Waals surface area contributed by atoms with Crippen molar-refractivity contribution >= 4 is 44.0 Å². The fraction of sp³-hybridized carbons (Fsp3) is 0.281. The van der Waals surface area contributed by atoms with Crippen molar-refractivity contribution in [1.29, 1.82) is 0 Å². The minimum atomic E-state index is -3.77. The molecule has 1 unspecified atom stereocenters. The first-order valence-electron chi connectivity index (χ1n) is 14.2. The van der Waals surface area contributed by atoms with E-state index in [-0.39, 0.29) is 34.7 Å². The van der Waals surface area contributed by atoms with Crippen LogP contribution in [0.4, 0.5) is 15.9 Å². The number of hydrogen-bond acceptors (Lipinski definition) is 8. The zero-order valence-electron chi connectivity index (χ0n) is 24.2. The number of nitrogen functional groups attached to an aromatic ring is 1. The van der Waals surface area contributed by atoms with Crippen LogP contribution in [0.5, 0.6) is 5.75 Å². The van der Waals surface area contributed by atoms with E-state index in [0.717, 1.165) is 5.39 Å². The van der Waals surface area contributed by atoms with Gasteiger partial charge in [-0.1, -0.05) is 25.1 Å². The van der Waals surface area contributed by atoms with Crippen LogP contribution in [0.3, 0.4) is 0 Å². The molecule has 3 atom stereocenters. The number of carboxylic acid groups (broad SMARTS) is 1. The van der Waals surface area contributed by atoms with Gasteiger partial charge in [-0.15, -0.1) is 0 Å². The van der Waals surface area contributed by atoms with Crippen molar-refractivity contribution < 1.29 is 32.2 Å². The van der Waals surface area contributed by atoms with Gasteiger partial charge in [0.25, 0.3) is 0 Å². The summed E-state index contributed by atoms with van der Waals surface area (Å²) in [5.74, 6) is -3.06. The van der Waals surface area contributed by atoms with Gasteiger partial charge >= 0.3 is 5.97 Å². The van der Waals surface area contributed by atoms with E-state index >= 15 is 4.39 Å². The molecule has 1 amide bonds. The molecule has 0 aliphatic carbocycles. The standard InChI is InChI=1S/C32H33FN4O6S/c1-3-43-21-10-12-26(33)25(18-21)28(36-20-9-11-22-19(17-20)13-15-35-30(22)34)31(38)37-16-14-24(32(39)40)29(37)23-7-5-6-8-27(23)44(41,42)4-2/h5-13,15,17-18,24,28-29,36H,3-4,14,16H2,1-2H3,(H2,34,35)(H,39,40)/t24-,28?,29-/m0/s1. The third-order valence-corrected chi connectivity index (χ3v) is 9.70. The third-order valence-electron chi connectivity index (χ3n) is 7.89. The number of likely N-dealkylation sites (tertiary alicyclic amines) is 1. The molecule has 12 heteroatoms. The highest BCUT2D eigenvalue weighted by Crippen LogP contribution is 2.42. The Kier molecular flexibility index (Phi) is 8.73. The first-order chi connectivity index (χ1) is 21.1. The van der Waals surface area contributed by atoms with Crippen molar-refractivity contribution in [2.75, 3.05) is 30.0 Å². The van der Waals surface area contributed by atoms with E-state index in [2.05, 4.69) is 10.3 Å². The molecular formula is C32H33FN4O6S. The maximum absolute atomic E-state index is 15.5. The number of ether oxygens (including phenoxy) is 1. The van der Waals surface area contributed by atoms with Crippen molar-refractivity contribution in [3.8, 4) is 5.75 Å². The second-order valence-electron chi connectivity index (χ2n) is 10.5.